The normalized spacial score (nSPS) is 17.2. The van der Waals surface area contributed by atoms with E-state index in [1.165, 1.54) is 24.4 Å². The maximum absolute atomic E-state index is 12.5. The van der Waals surface area contributed by atoms with Crippen molar-refractivity contribution >= 4 is 5.91 Å². The Morgan fingerprint density at radius 3 is 2.54 bits per heavy atom. The van der Waals surface area contributed by atoms with Crippen LogP contribution in [0.5, 0.6) is 11.8 Å². The monoisotopic (exact) mass is 368 g/mol. The minimum atomic E-state index is -4.54. The van der Waals surface area contributed by atoms with Gasteiger partial charge in [-0.15, -0.1) is 0 Å². The highest BCUT2D eigenvalue weighted by Gasteiger charge is 2.33. The van der Waals surface area contributed by atoms with Crippen LogP contribution in [0.4, 0.5) is 13.2 Å². The molecule has 0 aromatic carbocycles. The van der Waals surface area contributed by atoms with Crippen molar-refractivity contribution < 1.29 is 27.4 Å². The summed E-state index contributed by atoms with van der Waals surface area (Å²) in [4.78, 5) is 25.3. The molecule has 0 bridgehead atoms. The van der Waals surface area contributed by atoms with Gasteiger partial charge in [0.2, 0.25) is 0 Å². The van der Waals surface area contributed by atoms with E-state index in [-0.39, 0.29) is 30.0 Å². The maximum atomic E-state index is 12.5. The average molecular weight is 368 g/mol. The van der Waals surface area contributed by atoms with E-state index >= 15 is 0 Å². The largest absolute Gasteiger partial charge is 0.477 e. The highest BCUT2D eigenvalue weighted by molar-refractivity contribution is 5.94. The summed E-state index contributed by atoms with van der Waals surface area (Å²) < 4.78 is 48.4. The molecule has 1 aliphatic heterocycles. The smallest absolute Gasteiger partial charge is 0.433 e. The Bertz CT molecular complexity index is 783. The number of rotatable bonds is 4. The molecule has 7 nitrogen and oxygen atoms in total. The lowest BCUT2D eigenvalue weighted by molar-refractivity contribution is -0.141. The van der Waals surface area contributed by atoms with Crippen molar-refractivity contribution in [3.05, 3.63) is 42.0 Å². The summed E-state index contributed by atoms with van der Waals surface area (Å²) in [6.45, 7) is 0.687. The van der Waals surface area contributed by atoms with Gasteiger partial charge in [0.1, 0.15) is 11.8 Å². The Balaban J connectivity index is 1.64. The van der Waals surface area contributed by atoms with Crippen LogP contribution >= 0.6 is 0 Å². The summed E-state index contributed by atoms with van der Waals surface area (Å²) >= 11 is 0. The molecule has 3 heterocycles. The maximum Gasteiger partial charge on any atom is 0.433 e. The third-order valence-corrected chi connectivity index (χ3v) is 3.84. The second kappa shape index (κ2) is 7.14. The van der Waals surface area contributed by atoms with Gasteiger partial charge in [-0.05, 0) is 12.1 Å². The number of halogens is 3. The molecule has 2 aromatic heterocycles. The van der Waals surface area contributed by atoms with Gasteiger partial charge in [0, 0.05) is 31.6 Å². The lowest BCUT2D eigenvalue weighted by atomic mass is 10.2. The number of ether oxygens (including phenoxy) is 2. The lowest BCUT2D eigenvalue weighted by Gasteiger charge is -2.17. The van der Waals surface area contributed by atoms with Gasteiger partial charge in [0.15, 0.2) is 0 Å². The third-order valence-electron chi connectivity index (χ3n) is 3.84. The SMILES string of the molecule is COc1nccnc1O[C@@H]1CCN(C(=O)c2ccc(C(F)(F)F)nc2)C1. The average Bonchev–Trinajstić information content (AvgIpc) is 3.09. The van der Waals surface area contributed by atoms with Crippen LogP contribution in [0.15, 0.2) is 30.7 Å². The van der Waals surface area contributed by atoms with E-state index in [2.05, 4.69) is 15.0 Å². The molecule has 138 valence electrons. The van der Waals surface area contributed by atoms with Crippen LogP contribution < -0.4 is 9.47 Å². The molecular weight excluding hydrogens is 353 g/mol. The second-order valence-electron chi connectivity index (χ2n) is 5.58. The van der Waals surface area contributed by atoms with Crippen LogP contribution in [0.1, 0.15) is 22.5 Å². The molecule has 0 saturated carbocycles. The fraction of sp³-hybridized carbons (Fsp3) is 0.375. The number of alkyl halides is 3. The van der Waals surface area contributed by atoms with Crippen LogP contribution in [0.2, 0.25) is 0 Å². The van der Waals surface area contributed by atoms with Gasteiger partial charge in [-0.25, -0.2) is 9.97 Å². The van der Waals surface area contributed by atoms with E-state index in [0.717, 1.165) is 18.3 Å². The van der Waals surface area contributed by atoms with Crippen molar-refractivity contribution in [2.45, 2.75) is 18.7 Å². The molecular formula is C16H15F3N4O3. The Hall–Kier alpha value is -2.91. The highest BCUT2D eigenvalue weighted by atomic mass is 19.4. The molecule has 0 spiro atoms. The molecule has 1 fully saturated rings. The fourth-order valence-corrected chi connectivity index (χ4v) is 2.57. The van der Waals surface area contributed by atoms with Gasteiger partial charge in [0.05, 0.1) is 19.2 Å². The molecule has 0 radical (unpaired) electrons. The first kappa shape index (κ1) is 17.9. The third kappa shape index (κ3) is 3.84. The van der Waals surface area contributed by atoms with Gasteiger partial charge < -0.3 is 14.4 Å². The first-order valence-electron chi connectivity index (χ1n) is 7.72. The minimum Gasteiger partial charge on any atom is -0.477 e. The zero-order valence-corrected chi connectivity index (χ0v) is 13.7. The zero-order chi connectivity index (χ0) is 18.7. The van der Waals surface area contributed by atoms with E-state index in [1.807, 2.05) is 0 Å². The predicted molar refractivity (Wildman–Crippen MR) is 82.8 cm³/mol. The Morgan fingerprint density at radius 2 is 1.92 bits per heavy atom. The number of carbonyl (C=O) groups is 1. The predicted octanol–water partition coefficient (Wildman–Crippen LogP) is 2.19. The van der Waals surface area contributed by atoms with E-state index in [0.29, 0.717) is 13.0 Å². The van der Waals surface area contributed by atoms with Gasteiger partial charge >= 0.3 is 6.18 Å². The van der Waals surface area contributed by atoms with Gasteiger partial charge in [-0.2, -0.15) is 13.2 Å². The topological polar surface area (TPSA) is 77.4 Å². The number of methoxy groups -OCH3 is 1. The minimum absolute atomic E-state index is 0.0933. The summed E-state index contributed by atoms with van der Waals surface area (Å²) in [6.07, 6.45) is -0.432. The van der Waals surface area contributed by atoms with Crippen molar-refractivity contribution in [3.8, 4) is 11.8 Å². The molecule has 3 rings (SSSR count). The summed E-state index contributed by atoms with van der Waals surface area (Å²) in [5, 5.41) is 0. The number of hydrogen-bond donors (Lipinski definition) is 0. The van der Waals surface area contributed by atoms with E-state index in [9.17, 15) is 18.0 Å². The number of aromatic nitrogens is 3. The molecule has 1 saturated heterocycles. The van der Waals surface area contributed by atoms with Crippen molar-refractivity contribution in [1.29, 1.82) is 0 Å². The molecule has 2 aromatic rings. The van der Waals surface area contributed by atoms with Crippen LogP contribution in [0.25, 0.3) is 0 Å². The fourth-order valence-electron chi connectivity index (χ4n) is 2.57. The number of pyridine rings is 1. The quantitative estimate of drug-likeness (QED) is 0.823. The zero-order valence-electron chi connectivity index (χ0n) is 13.7. The van der Waals surface area contributed by atoms with Crippen LogP contribution in [0, 0.1) is 0 Å². The van der Waals surface area contributed by atoms with Crippen LogP contribution in [-0.2, 0) is 6.18 Å². The summed E-state index contributed by atoms with van der Waals surface area (Å²) in [7, 11) is 1.44. The number of nitrogens with zero attached hydrogens (tertiary/aromatic N) is 4. The molecule has 1 atom stereocenters. The van der Waals surface area contributed by atoms with Crippen LogP contribution in [0.3, 0.4) is 0 Å². The molecule has 1 amide bonds. The molecule has 0 unspecified atom stereocenters. The van der Waals surface area contributed by atoms with Gasteiger partial charge in [-0.1, -0.05) is 0 Å². The molecule has 10 heteroatoms. The van der Waals surface area contributed by atoms with Crippen molar-refractivity contribution in [3.63, 3.8) is 0 Å². The number of amides is 1. The first-order chi connectivity index (χ1) is 12.4. The molecule has 26 heavy (non-hydrogen) atoms. The summed E-state index contributed by atoms with van der Waals surface area (Å²) in [5.41, 5.74) is -0.942. The molecule has 1 aliphatic rings. The van der Waals surface area contributed by atoms with E-state index in [1.54, 1.807) is 0 Å². The Morgan fingerprint density at radius 1 is 1.19 bits per heavy atom. The van der Waals surface area contributed by atoms with Crippen molar-refractivity contribution in [2.75, 3.05) is 20.2 Å². The number of carbonyl (C=O) groups excluding carboxylic acids is 1. The van der Waals surface area contributed by atoms with E-state index in [4.69, 9.17) is 9.47 Å². The van der Waals surface area contributed by atoms with Crippen LogP contribution in [-0.4, -0.2) is 52.1 Å². The summed E-state index contributed by atoms with van der Waals surface area (Å²) in [5.74, 6) is 0.0677. The molecule has 0 aliphatic carbocycles. The Kier molecular flexibility index (Phi) is 4.92. The van der Waals surface area contributed by atoms with Gasteiger partial charge in [0.25, 0.3) is 17.7 Å². The van der Waals surface area contributed by atoms with Crippen molar-refractivity contribution in [1.82, 2.24) is 19.9 Å². The summed E-state index contributed by atoms with van der Waals surface area (Å²) in [6, 6.07) is 1.92. The second-order valence-corrected chi connectivity index (χ2v) is 5.58. The standard InChI is InChI=1S/C16H15F3N4O3/c1-25-13-14(21-6-5-20-13)26-11-4-7-23(9-11)15(24)10-2-3-12(22-8-10)16(17,18)19/h2-3,5-6,8,11H,4,7,9H2,1H3/t11-/m1/s1. The van der Waals surface area contributed by atoms with Crippen molar-refractivity contribution in [2.24, 2.45) is 0 Å². The number of hydrogen-bond acceptors (Lipinski definition) is 6. The first-order valence-corrected chi connectivity index (χ1v) is 7.72. The Labute approximate surface area is 146 Å². The van der Waals surface area contributed by atoms with E-state index < -0.39 is 17.8 Å². The number of likely N-dealkylation sites (tertiary alicyclic amines) is 1. The lowest BCUT2D eigenvalue weighted by Crippen LogP contribution is -2.31. The van der Waals surface area contributed by atoms with Gasteiger partial charge in [-0.3, -0.25) is 9.78 Å². The molecule has 0 N–H and O–H groups in total. The highest BCUT2D eigenvalue weighted by Crippen LogP contribution is 2.28.